The van der Waals surface area contributed by atoms with Crippen LogP contribution in [0.15, 0.2) is 11.6 Å². The molecular formula is C40H69NO4. The first kappa shape index (κ1) is 35.4. The summed E-state index contributed by atoms with van der Waals surface area (Å²) >= 11 is 0. The minimum absolute atomic E-state index is 0.0269. The van der Waals surface area contributed by atoms with Gasteiger partial charge < -0.3 is 19.5 Å². The van der Waals surface area contributed by atoms with Crippen LogP contribution in [0.2, 0.25) is 0 Å². The summed E-state index contributed by atoms with van der Waals surface area (Å²) in [7, 11) is 4.37. The zero-order valence-corrected chi connectivity index (χ0v) is 31.6. The highest BCUT2D eigenvalue weighted by Gasteiger charge is 2.71. The van der Waals surface area contributed by atoms with Gasteiger partial charge in [0, 0.05) is 16.4 Å². The summed E-state index contributed by atoms with van der Waals surface area (Å²) in [5, 5.41) is 11.0. The molecule has 0 spiro atoms. The van der Waals surface area contributed by atoms with Crippen molar-refractivity contribution in [3.63, 3.8) is 0 Å². The second-order valence-electron chi connectivity index (χ2n) is 19.7. The number of ether oxygens (including phenoxy) is 2. The predicted octanol–water partition coefficient (Wildman–Crippen LogP) is 8.96. The maximum absolute atomic E-state index is 13.4. The lowest BCUT2D eigenvalue weighted by molar-refractivity contribution is -0.256. The van der Waals surface area contributed by atoms with Crippen LogP contribution in [0.1, 0.15) is 122 Å². The van der Waals surface area contributed by atoms with E-state index in [4.69, 9.17) is 9.47 Å². The van der Waals surface area contributed by atoms with E-state index in [1.54, 1.807) is 5.57 Å². The van der Waals surface area contributed by atoms with Crippen LogP contribution in [0, 0.1) is 68.0 Å². The monoisotopic (exact) mass is 628 g/mol. The average molecular weight is 628 g/mol. The van der Waals surface area contributed by atoms with E-state index in [-0.39, 0.29) is 50.1 Å². The number of fused-ring (bicyclic) bond motifs is 3. The van der Waals surface area contributed by atoms with Gasteiger partial charge in [-0.1, -0.05) is 87.8 Å². The van der Waals surface area contributed by atoms with E-state index in [9.17, 15) is 9.90 Å². The van der Waals surface area contributed by atoms with E-state index in [1.807, 2.05) is 0 Å². The Bertz CT molecular complexity index is 1190. The van der Waals surface area contributed by atoms with Gasteiger partial charge in [0.15, 0.2) is 0 Å². The molecular weight excluding hydrogens is 558 g/mol. The maximum atomic E-state index is 13.4. The Morgan fingerprint density at radius 3 is 2.24 bits per heavy atom. The molecule has 0 aromatic heterocycles. The smallest absolute Gasteiger partial charge is 0.307 e. The molecule has 5 nitrogen and oxygen atoms in total. The van der Waals surface area contributed by atoms with Gasteiger partial charge in [-0.15, -0.1) is 0 Å². The van der Waals surface area contributed by atoms with Crippen molar-refractivity contribution in [2.75, 3.05) is 33.9 Å². The van der Waals surface area contributed by atoms with E-state index in [2.05, 4.69) is 108 Å². The van der Waals surface area contributed by atoms with Crippen LogP contribution in [0.5, 0.6) is 0 Å². The van der Waals surface area contributed by atoms with Crippen LogP contribution in [0.25, 0.3) is 0 Å². The molecule has 5 rings (SSSR count). The first-order chi connectivity index (χ1) is 20.6. The fourth-order valence-electron chi connectivity index (χ4n) is 12.6. The second-order valence-corrected chi connectivity index (χ2v) is 19.7. The predicted molar refractivity (Wildman–Crippen MR) is 184 cm³/mol. The molecule has 1 heterocycles. The molecule has 3 saturated carbocycles. The Morgan fingerprint density at radius 1 is 1.04 bits per heavy atom. The molecule has 1 aliphatic heterocycles. The van der Waals surface area contributed by atoms with Gasteiger partial charge in [0.25, 0.3) is 0 Å². The Hall–Kier alpha value is -0.910. The summed E-state index contributed by atoms with van der Waals surface area (Å²) in [6.07, 6.45) is 9.14. The van der Waals surface area contributed by atoms with Crippen LogP contribution in [0.4, 0.5) is 0 Å². The highest BCUT2D eigenvalue weighted by molar-refractivity contribution is 5.73. The fraction of sp³-hybridized carbons (Fsp3) is 0.925. The van der Waals surface area contributed by atoms with E-state index in [0.29, 0.717) is 36.2 Å². The first-order valence-corrected chi connectivity index (χ1v) is 18.4. The third-order valence-corrected chi connectivity index (χ3v) is 16.5. The van der Waals surface area contributed by atoms with Crippen LogP contribution in [-0.4, -0.2) is 61.5 Å². The number of nitrogens with zero attached hydrogens (tertiary/aromatic N) is 1. The molecule has 0 amide bonds. The molecule has 45 heavy (non-hydrogen) atoms. The van der Waals surface area contributed by atoms with E-state index in [0.717, 1.165) is 45.3 Å². The van der Waals surface area contributed by atoms with Crippen molar-refractivity contribution in [1.82, 2.24) is 4.90 Å². The summed E-state index contributed by atoms with van der Waals surface area (Å²) in [5.74, 6) is 1.26. The first-order valence-electron chi connectivity index (χ1n) is 18.4. The number of hydrogen-bond donors (Lipinski definition) is 1. The molecule has 1 N–H and O–H groups in total. The Labute approximate surface area is 276 Å². The zero-order chi connectivity index (χ0) is 33.8. The normalized spacial score (nSPS) is 46.8. The van der Waals surface area contributed by atoms with Crippen LogP contribution >= 0.6 is 0 Å². The molecule has 1 saturated heterocycles. The molecule has 0 aromatic rings. The van der Waals surface area contributed by atoms with Crippen molar-refractivity contribution in [2.45, 2.75) is 133 Å². The molecule has 2 bridgehead atoms. The molecule has 258 valence electrons. The van der Waals surface area contributed by atoms with Gasteiger partial charge in [-0.3, -0.25) is 4.79 Å². The van der Waals surface area contributed by atoms with Gasteiger partial charge in [-0.2, -0.15) is 0 Å². The van der Waals surface area contributed by atoms with Crippen LogP contribution in [0.3, 0.4) is 0 Å². The van der Waals surface area contributed by atoms with E-state index < -0.39 is 5.97 Å². The van der Waals surface area contributed by atoms with Crippen molar-refractivity contribution >= 4 is 5.97 Å². The number of hydrogen-bond acceptors (Lipinski definition) is 4. The van der Waals surface area contributed by atoms with Crippen LogP contribution in [-0.2, 0) is 14.3 Å². The largest absolute Gasteiger partial charge is 0.481 e. The SMILES string of the molecule is CC(C)[C@@H](C)[C@@]1(C)CC[C@]2(C)[C@H]3CC[C@@H]4[C@@]5(COC[C@@]4(C)[C@@H](OC[C@@](C)(N(C)C)C(C)(C)C)[C@H](C)C5)C3=CC[C@@]2(C)[C@@H]1C(=O)O. The van der Waals surface area contributed by atoms with Gasteiger partial charge in [0.05, 0.1) is 31.8 Å². The van der Waals surface area contributed by atoms with Gasteiger partial charge in [0.2, 0.25) is 0 Å². The van der Waals surface area contributed by atoms with Gasteiger partial charge >= 0.3 is 5.97 Å². The fourth-order valence-corrected chi connectivity index (χ4v) is 12.6. The number of rotatable bonds is 7. The molecule has 12 atom stereocenters. The quantitative estimate of drug-likeness (QED) is 0.286. The number of aliphatic carboxylic acids is 1. The summed E-state index contributed by atoms with van der Waals surface area (Å²) in [6, 6.07) is 0. The summed E-state index contributed by atoms with van der Waals surface area (Å²) in [5.41, 5.74) is 1.08. The topological polar surface area (TPSA) is 59.0 Å². The van der Waals surface area contributed by atoms with Crippen molar-refractivity contribution < 1.29 is 19.4 Å². The lowest BCUT2D eigenvalue weighted by Gasteiger charge is -2.71. The average Bonchev–Trinajstić information content (AvgIpc) is 2.91. The molecule has 5 aliphatic rings. The number of carboxylic acid groups (broad SMARTS) is 1. The minimum atomic E-state index is -0.582. The highest BCUT2D eigenvalue weighted by atomic mass is 16.5. The van der Waals surface area contributed by atoms with E-state index in [1.165, 1.54) is 6.42 Å². The molecule has 0 unspecified atom stereocenters. The van der Waals surface area contributed by atoms with Gasteiger partial charge in [-0.05, 0) is 111 Å². The second kappa shape index (κ2) is 11.1. The Kier molecular flexibility index (Phi) is 8.70. The number of carbonyl (C=O) groups is 1. The summed E-state index contributed by atoms with van der Waals surface area (Å²) in [4.78, 5) is 15.7. The van der Waals surface area contributed by atoms with Gasteiger partial charge in [0.1, 0.15) is 0 Å². The number of carboxylic acids is 1. The molecule has 5 heteroatoms. The molecule has 0 aromatic carbocycles. The lowest BCUT2D eigenvalue weighted by atomic mass is 9.34. The third kappa shape index (κ3) is 4.72. The molecule has 4 aliphatic carbocycles. The lowest BCUT2D eigenvalue weighted by Crippen LogP contribution is -2.69. The van der Waals surface area contributed by atoms with Crippen molar-refractivity contribution in [3.05, 3.63) is 11.6 Å². The zero-order valence-electron chi connectivity index (χ0n) is 31.6. The summed E-state index contributed by atoms with van der Waals surface area (Å²) < 4.78 is 13.8. The Balaban J connectivity index is 1.52. The van der Waals surface area contributed by atoms with Crippen molar-refractivity contribution in [2.24, 2.45) is 68.0 Å². The van der Waals surface area contributed by atoms with E-state index >= 15 is 0 Å². The summed E-state index contributed by atoms with van der Waals surface area (Å²) in [6.45, 7) is 30.5. The standard InChI is InChI=1S/C40H69NO4/c1-25(2)27(4)35(8)19-20-37(10)28-15-16-30-36(9)22-44-24-40(30,29(28)17-18-38(37,11)31(35)33(42)43)21-26(3)32(36)45-23-39(12,41(13)14)34(5,6)7/h17,25-28,30-32H,15-16,18-24H2,1-14H3,(H,42,43)/t26-,27-,28+,30+,31-,32+,35-,36-,37-,38+,39-,40+/m1/s1. The number of likely N-dealkylation sites (N-methyl/N-ethyl adjacent to an activating group) is 1. The number of allylic oxidation sites excluding steroid dienone is 1. The third-order valence-electron chi connectivity index (χ3n) is 16.5. The maximum Gasteiger partial charge on any atom is 0.307 e. The van der Waals surface area contributed by atoms with Gasteiger partial charge in [-0.25, -0.2) is 0 Å². The highest BCUT2D eigenvalue weighted by Crippen LogP contribution is 2.75. The van der Waals surface area contributed by atoms with Crippen LogP contribution < -0.4 is 0 Å². The minimum Gasteiger partial charge on any atom is -0.481 e. The Morgan fingerprint density at radius 2 is 1.69 bits per heavy atom. The van der Waals surface area contributed by atoms with Crippen molar-refractivity contribution in [3.8, 4) is 0 Å². The molecule has 0 radical (unpaired) electrons. The van der Waals surface area contributed by atoms with Crippen molar-refractivity contribution in [1.29, 1.82) is 0 Å². The molecule has 4 fully saturated rings.